The van der Waals surface area contributed by atoms with Gasteiger partial charge in [0, 0.05) is 5.69 Å². The highest BCUT2D eigenvalue weighted by Gasteiger charge is 2.34. The standard InChI is InChI=1S/C15H12F3N5O3S/c1-10-8-11(6-7-12(10)23-9-19-21-22-23)20-27(24,25)14-5-3-2-4-13(14)26-15(16,17)18/h2-9,20H,1H3. The van der Waals surface area contributed by atoms with Crippen LogP contribution in [-0.2, 0) is 10.0 Å². The normalized spacial score (nSPS) is 12.0. The van der Waals surface area contributed by atoms with E-state index in [1.807, 2.05) is 0 Å². The van der Waals surface area contributed by atoms with Gasteiger partial charge < -0.3 is 4.74 Å². The minimum Gasteiger partial charge on any atom is -0.404 e. The van der Waals surface area contributed by atoms with Crippen molar-refractivity contribution in [1.29, 1.82) is 0 Å². The molecule has 3 aromatic rings. The van der Waals surface area contributed by atoms with Gasteiger partial charge in [-0.2, -0.15) is 0 Å². The van der Waals surface area contributed by atoms with E-state index in [4.69, 9.17) is 0 Å². The second-order valence-electron chi connectivity index (χ2n) is 5.36. The van der Waals surface area contributed by atoms with Crippen LogP contribution in [0.25, 0.3) is 5.69 Å². The molecule has 0 aliphatic rings. The molecule has 142 valence electrons. The first-order valence-electron chi connectivity index (χ1n) is 7.37. The maximum atomic E-state index is 12.5. The Bertz CT molecular complexity index is 1050. The van der Waals surface area contributed by atoms with Crippen molar-refractivity contribution in [2.75, 3.05) is 4.72 Å². The van der Waals surface area contributed by atoms with E-state index in [2.05, 4.69) is 25.0 Å². The first kappa shape index (κ1) is 18.6. The minimum atomic E-state index is -5.02. The van der Waals surface area contributed by atoms with Crippen LogP contribution >= 0.6 is 0 Å². The van der Waals surface area contributed by atoms with E-state index in [1.165, 1.54) is 35.3 Å². The highest BCUT2D eigenvalue weighted by Crippen LogP contribution is 2.31. The molecule has 0 atom stereocenters. The molecule has 0 fully saturated rings. The van der Waals surface area contributed by atoms with Gasteiger partial charge in [0.15, 0.2) is 0 Å². The van der Waals surface area contributed by atoms with Crippen LogP contribution in [0.5, 0.6) is 5.75 Å². The van der Waals surface area contributed by atoms with Crippen molar-refractivity contribution in [3.63, 3.8) is 0 Å². The van der Waals surface area contributed by atoms with Crippen molar-refractivity contribution >= 4 is 15.7 Å². The Balaban J connectivity index is 1.91. The van der Waals surface area contributed by atoms with Crippen LogP contribution in [0, 0.1) is 6.92 Å². The third-order valence-corrected chi connectivity index (χ3v) is 4.83. The van der Waals surface area contributed by atoms with E-state index in [9.17, 15) is 21.6 Å². The predicted octanol–water partition coefficient (Wildman–Crippen LogP) is 2.67. The molecule has 0 saturated heterocycles. The summed E-state index contributed by atoms with van der Waals surface area (Å²) in [6.45, 7) is 1.70. The number of hydrogen-bond donors (Lipinski definition) is 1. The number of nitrogens with one attached hydrogen (secondary N) is 1. The average molecular weight is 399 g/mol. The second kappa shape index (κ2) is 6.87. The number of halogens is 3. The number of rotatable bonds is 5. The molecule has 0 aliphatic heterocycles. The second-order valence-corrected chi connectivity index (χ2v) is 7.01. The summed E-state index contributed by atoms with van der Waals surface area (Å²) in [5.74, 6) is -0.820. The van der Waals surface area contributed by atoms with Gasteiger partial charge >= 0.3 is 6.36 Å². The van der Waals surface area contributed by atoms with Crippen molar-refractivity contribution in [1.82, 2.24) is 20.2 Å². The highest BCUT2D eigenvalue weighted by molar-refractivity contribution is 7.92. The largest absolute Gasteiger partial charge is 0.573 e. The molecule has 0 spiro atoms. The maximum Gasteiger partial charge on any atom is 0.573 e. The van der Waals surface area contributed by atoms with Gasteiger partial charge in [-0.15, -0.1) is 18.3 Å². The number of sulfonamides is 1. The first-order valence-corrected chi connectivity index (χ1v) is 8.86. The lowest BCUT2D eigenvalue weighted by molar-refractivity contribution is -0.275. The number of anilines is 1. The molecule has 0 bridgehead atoms. The quantitative estimate of drug-likeness (QED) is 0.708. The van der Waals surface area contributed by atoms with Crippen LogP contribution in [-0.4, -0.2) is 35.0 Å². The van der Waals surface area contributed by atoms with E-state index in [-0.39, 0.29) is 5.69 Å². The Morgan fingerprint density at radius 1 is 1.15 bits per heavy atom. The third-order valence-electron chi connectivity index (χ3n) is 3.41. The van der Waals surface area contributed by atoms with Gasteiger partial charge in [0.2, 0.25) is 0 Å². The molecular formula is C15H12F3N5O3S. The zero-order valence-corrected chi connectivity index (χ0v) is 14.5. The predicted molar refractivity (Wildman–Crippen MR) is 87.8 cm³/mol. The van der Waals surface area contributed by atoms with E-state index >= 15 is 0 Å². The van der Waals surface area contributed by atoms with E-state index in [1.54, 1.807) is 13.0 Å². The number of benzene rings is 2. The molecule has 1 heterocycles. The van der Waals surface area contributed by atoms with Gasteiger partial charge in [0.1, 0.15) is 17.0 Å². The van der Waals surface area contributed by atoms with Crippen molar-refractivity contribution in [2.24, 2.45) is 0 Å². The summed E-state index contributed by atoms with van der Waals surface area (Å²) < 4.78 is 70.0. The Labute approximate surface area is 151 Å². The third kappa shape index (κ3) is 4.34. The van der Waals surface area contributed by atoms with Crippen LogP contribution in [0.1, 0.15) is 5.56 Å². The van der Waals surface area contributed by atoms with Gasteiger partial charge in [-0.1, -0.05) is 12.1 Å². The zero-order chi connectivity index (χ0) is 19.7. The summed E-state index contributed by atoms with van der Waals surface area (Å²) in [4.78, 5) is -0.635. The monoisotopic (exact) mass is 399 g/mol. The molecular weight excluding hydrogens is 387 g/mol. The molecule has 0 saturated carbocycles. The molecule has 1 aromatic heterocycles. The Hall–Kier alpha value is -3.15. The molecule has 1 N–H and O–H groups in total. The molecule has 0 aliphatic carbocycles. The van der Waals surface area contributed by atoms with Crippen molar-refractivity contribution in [2.45, 2.75) is 18.2 Å². The number of ether oxygens (including phenoxy) is 1. The van der Waals surface area contributed by atoms with Crippen molar-refractivity contribution in [3.8, 4) is 11.4 Å². The van der Waals surface area contributed by atoms with Crippen LogP contribution in [0.2, 0.25) is 0 Å². The number of aryl methyl sites for hydroxylation is 1. The van der Waals surface area contributed by atoms with Gasteiger partial charge in [0.25, 0.3) is 10.0 Å². The molecule has 0 radical (unpaired) electrons. The van der Waals surface area contributed by atoms with Gasteiger partial charge in [-0.3, -0.25) is 4.72 Å². The Morgan fingerprint density at radius 3 is 2.52 bits per heavy atom. The number of tetrazole rings is 1. The highest BCUT2D eigenvalue weighted by atomic mass is 32.2. The summed E-state index contributed by atoms with van der Waals surface area (Å²) >= 11 is 0. The topological polar surface area (TPSA) is 99.0 Å². The molecule has 12 heteroatoms. The van der Waals surface area contributed by atoms with Gasteiger partial charge in [-0.05, 0) is 53.2 Å². The summed E-state index contributed by atoms with van der Waals surface area (Å²) in [7, 11) is -4.32. The Kier molecular flexibility index (Phi) is 4.74. The fourth-order valence-corrected chi connectivity index (χ4v) is 3.52. The molecule has 3 rings (SSSR count). The van der Waals surface area contributed by atoms with Crippen molar-refractivity contribution < 1.29 is 26.3 Å². The number of aromatic nitrogens is 4. The van der Waals surface area contributed by atoms with Crippen molar-refractivity contribution in [3.05, 3.63) is 54.4 Å². The molecule has 27 heavy (non-hydrogen) atoms. The average Bonchev–Trinajstić information content (AvgIpc) is 3.07. The summed E-state index contributed by atoms with van der Waals surface area (Å²) in [6, 6.07) is 8.99. The summed E-state index contributed by atoms with van der Waals surface area (Å²) in [5, 5.41) is 10.8. The summed E-state index contributed by atoms with van der Waals surface area (Å²) in [5.41, 5.74) is 1.41. The van der Waals surface area contributed by atoms with E-state index in [0.29, 0.717) is 11.3 Å². The van der Waals surface area contributed by atoms with Crippen LogP contribution in [0.3, 0.4) is 0 Å². The van der Waals surface area contributed by atoms with E-state index in [0.717, 1.165) is 12.1 Å². The Morgan fingerprint density at radius 2 is 1.89 bits per heavy atom. The van der Waals surface area contributed by atoms with Crippen LogP contribution in [0.15, 0.2) is 53.7 Å². The fraction of sp³-hybridized carbons (Fsp3) is 0.133. The van der Waals surface area contributed by atoms with Crippen LogP contribution in [0.4, 0.5) is 18.9 Å². The maximum absolute atomic E-state index is 12.5. The molecule has 2 aromatic carbocycles. The molecule has 0 unspecified atom stereocenters. The first-order chi connectivity index (χ1) is 12.7. The molecule has 0 amide bonds. The fourth-order valence-electron chi connectivity index (χ4n) is 2.34. The van der Waals surface area contributed by atoms with E-state index < -0.39 is 27.0 Å². The van der Waals surface area contributed by atoms with Gasteiger partial charge in [-0.25, -0.2) is 13.1 Å². The zero-order valence-electron chi connectivity index (χ0n) is 13.7. The van der Waals surface area contributed by atoms with Crippen LogP contribution < -0.4 is 9.46 Å². The smallest absolute Gasteiger partial charge is 0.404 e. The number of alkyl halides is 3. The number of hydrogen-bond acceptors (Lipinski definition) is 6. The SMILES string of the molecule is Cc1cc(NS(=O)(=O)c2ccccc2OC(F)(F)F)ccc1-n1cnnn1. The van der Waals surface area contributed by atoms with Gasteiger partial charge in [0.05, 0.1) is 5.69 Å². The molecule has 8 nitrogen and oxygen atoms in total. The summed E-state index contributed by atoms with van der Waals surface area (Å²) in [6.07, 6.45) is -3.65. The lowest BCUT2D eigenvalue weighted by atomic mass is 10.2. The lowest BCUT2D eigenvalue weighted by Gasteiger charge is -2.15. The lowest BCUT2D eigenvalue weighted by Crippen LogP contribution is -2.21. The number of para-hydroxylation sites is 1. The number of nitrogens with zero attached hydrogens (tertiary/aromatic N) is 4. The minimum absolute atomic E-state index is 0.158.